The number of β-amino-alcohol motifs (C(OH)–C–C–N with tert-alkyl or cyclic N) is 1. The van der Waals surface area contributed by atoms with Gasteiger partial charge in [-0.1, -0.05) is 18.2 Å². The number of fused-ring (bicyclic) bond motifs is 1. The number of rotatable bonds is 9. The van der Waals surface area contributed by atoms with E-state index in [2.05, 4.69) is 11.0 Å². The topological polar surface area (TPSA) is 104 Å². The summed E-state index contributed by atoms with van der Waals surface area (Å²) in [5.74, 6) is 1.16. The highest BCUT2D eigenvalue weighted by molar-refractivity contribution is 5.63. The lowest BCUT2D eigenvalue weighted by molar-refractivity contribution is -0.270. The van der Waals surface area contributed by atoms with E-state index < -0.39 is 18.3 Å². The highest BCUT2D eigenvalue weighted by atomic mass is 16.5. The second kappa shape index (κ2) is 11.6. The molecule has 190 valence electrons. The monoisotopic (exact) mass is 485 g/mol. The van der Waals surface area contributed by atoms with Crippen LogP contribution in [0.1, 0.15) is 23.5 Å². The van der Waals surface area contributed by atoms with Crippen LogP contribution in [0.5, 0.6) is 11.5 Å². The normalized spacial score (nSPS) is 21.9. The fourth-order valence-electron chi connectivity index (χ4n) is 4.80. The zero-order valence-electron chi connectivity index (χ0n) is 20.2. The summed E-state index contributed by atoms with van der Waals surface area (Å²) in [5.41, 5.74) is 2.82. The Labute approximate surface area is 205 Å². The lowest BCUT2D eigenvalue weighted by Gasteiger charge is -2.43. The molecule has 4 rings (SSSR count). The molecule has 0 radical (unpaired) electrons. The maximum absolute atomic E-state index is 11.6. The van der Waals surface area contributed by atoms with Crippen LogP contribution in [0.4, 0.5) is 10.5 Å². The Morgan fingerprint density at radius 3 is 2.69 bits per heavy atom. The molecule has 1 amide bonds. The Hall–Kier alpha value is -3.01. The average Bonchev–Trinajstić information content (AvgIpc) is 2.87. The van der Waals surface area contributed by atoms with Crippen LogP contribution in [0.25, 0.3) is 0 Å². The third kappa shape index (κ3) is 5.98. The SMILES string of the molecule is COCCCN1CCOc2ccc(CO[C@H]3CN(C(=O)[O-])C[C@@H](O)[C@@H]3c3ccc(OC)cc3)cc21. The number of nitrogens with zero attached hydrogens (tertiary/aromatic N) is 2. The number of carbonyl (C=O) groups is 1. The van der Waals surface area contributed by atoms with Gasteiger partial charge >= 0.3 is 0 Å². The molecule has 35 heavy (non-hydrogen) atoms. The highest BCUT2D eigenvalue weighted by Crippen LogP contribution is 2.35. The summed E-state index contributed by atoms with van der Waals surface area (Å²) in [6.07, 6.45) is -1.87. The van der Waals surface area contributed by atoms with Crippen molar-refractivity contribution in [2.75, 3.05) is 58.5 Å². The second-order valence-electron chi connectivity index (χ2n) is 8.87. The summed E-state index contributed by atoms with van der Waals surface area (Å²) in [6, 6.07) is 13.4. The van der Waals surface area contributed by atoms with E-state index in [4.69, 9.17) is 18.9 Å². The predicted molar refractivity (Wildman–Crippen MR) is 128 cm³/mol. The van der Waals surface area contributed by atoms with Crippen molar-refractivity contribution in [3.05, 3.63) is 53.6 Å². The molecule has 0 spiro atoms. The predicted octanol–water partition coefficient (Wildman–Crippen LogP) is 1.62. The minimum absolute atomic E-state index is 0.0223. The zero-order chi connectivity index (χ0) is 24.8. The first-order valence-electron chi connectivity index (χ1n) is 11.9. The number of hydrogen-bond acceptors (Lipinski definition) is 8. The van der Waals surface area contributed by atoms with Crippen LogP contribution < -0.4 is 19.5 Å². The van der Waals surface area contributed by atoms with E-state index in [1.54, 1.807) is 14.2 Å². The van der Waals surface area contributed by atoms with Crippen molar-refractivity contribution in [1.29, 1.82) is 0 Å². The molecule has 0 bridgehead atoms. The number of carbonyl (C=O) groups excluding carboxylic acids is 1. The van der Waals surface area contributed by atoms with Crippen molar-refractivity contribution in [3.63, 3.8) is 0 Å². The van der Waals surface area contributed by atoms with Gasteiger partial charge in [0.2, 0.25) is 0 Å². The number of piperidine rings is 1. The minimum atomic E-state index is -1.32. The molecule has 2 aromatic carbocycles. The lowest BCUT2D eigenvalue weighted by atomic mass is 9.84. The van der Waals surface area contributed by atoms with Crippen molar-refractivity contribution < 1.29 is 34.0 Å². The molecule has 9 nitrogen and oxygen atoms in total. The Kier molecular flexibility index (Phi) is 8.33. The first-order valence-corrected chi connectivity index (χ1v) is 11.9. The molecule has 2 aliphatic rings. The smallest absolute Gasteiger partial charge is 0.142 e. The van der Waals surface area contributed by atoms with E-state index in [9.17, 15) is 15.0 Å². The van der Waals surface area contributed by atoms with Gasteiger partial charge in [0.25, 0.3) is 0 Å². The fraction of sp³-hybridized carbons (Fsp3) is 0.500. The van der Waals surface area contributed by atoms with E-state index in [0.29, 0.717) is 19.0 Å². The summed E-state index contributed by atoms with van der Waals surface area (Å²) in [6.45, 7) is 3.36. The molecular weight excluding hydrogens is 452 g/mol. The van der Waals surface area contributed by atoms with E-state index in [-0.39, 0.29) is 25.6 Å². The molecule has 3 atom stereocenters. The first kappa shape index (κ1) is 25.1. The number of benzene rings is 2. The average molecular weight is 486 g/mol. The quantitative estimate of drug-likeness (QED) is 0.535. The first-order chi connectivity index (χ1) is 17.0. The van der Waals surface area contributed by atoms with Gasteiger partial charge in [-0.25, -0.2) is 0 Å². The van der Waals surface area contributed by atoms with Crippen molar-refractivity contribution in [3.8, 4) is 11.5 Å². The van der Waals surface area contributed by atoms with Crippen molar-refractivity contribution in [1.82, 2.24) is 4.90 Å². The molecule has 2 aliphatic heterocycles. The Bertz CT molecular complexity index is 984. The molecule has 2 heterocycles. The van der Waals surface area contributed by atoms with Gasteiger partial charge in [0.05, 0.1) is 38.2 Å². The molecule has 0 aliphatic carbocycles. The third-order valence-corrected chi connectivity index (χ3v) is 6.61. The molecule has 1 N–H and O–H groups in total. The van der Waals surface area contributed by atoms with Gasteiger partial charge in [-0.2, -0.15) is 0 Å². The number of aliphatic hydroxyl groups excluding tert-OH is 1. The van der Waals surface area contributed by atoms with Gasteiger partial charge in [0.1, 0.15) is 24.2 Å². The number of carboxylic acid groups (broad SMARTS) is 1. The van der Waals surface area contributed by atoms with Crippen LogP contribution in [0.15, 0.2) is 42.5 Å². The summed E-state index contributed by atoms with van der Waals surface area (Å²) < 4.78 is 22.5. The van der Waals surface area contributed by atoms with Crippen molar-refractivity contribution in [2.24, 2.45) is 0 Å². The summed E-state index contributed by atoms with van der Waals surface area (Å²) in [7, 11) is 3.29. The number of ether oxygens (including phenoxy) is 4. The maximum atomic E-state index is 11.6. The largest absolute Gasteiger partial charge is 0.530 e. The summed E-state index contributed by atoms with van der Waals surface area (Å²) >= 11 is 0. The van der Waals surface area contributed by atoms with Crippen LogP contribution in [0.2, 0.25) is 0 Å². The van der Waals surface area contributed by atoms with E-state index >= 15 is 0 Å². The molecule has 0 saturated carbocycles. The zero-order valence-corrected chi connectivity index (χ0v) is 20.2. The van der Waals surface area contributed by atoms with Crippen molar-refractivity contribution in [2.45, 2.75) is 31.2 Å². The molecular formula is C26H33N2O7-. The highest BCUT2D eigenvalue weighted by Gasteiger charge is 2.38. The Morgan fingerprint density at radius 2 is 1.97 bits per heavy atom. The van der Waals surface area contributed by atoms with E-state index in [1.165, 1.54) is 0 Å². The molecule has 1 fully saturated rings. The van der Waals surface area contributed by atoms with Crippen LogP contribution in [0.3, 0.4) is 0 Å². The number of amides is 1. The molecule has 2 aromatic rings. The Balaban J connectivity index is 1.51. The van der Waals surface area contributed by atoms with Gasteiger partial charge in [-0.3, -0.25) is 0 Å². The molecule has 1 saturated heterocycles. The van der Waals surface area contributed by atoms with Gasteiger partial charge in [-0.05, 0) is 41.8 Å². The number of aliphatic hydroxyl groups is 1. The van der Waals surface area contributed by atoms with Crippen molar-refractivity contribution >= 4 is 11.8 Å². The van der Waals surface area contributed by atoms with Crippen LogP contribution in [0, 0.1) is 0 Å². The summed E-state index contributed by atoms with van der Waals surface area (Å²) in [4.78, 5) is 14.9. The maximum Gasteiger partial charge on any atom is 0.142 e. The van der Waals surface area contributed by atoms with Crippen LogP contribution >= 0.6 is 0 Å². The molecule has 9 heteroatoms. The van der Waals surface area contributed by atoms with Gasteiger partial charge in [0, 0.05) is 39.3 Å². The Morgan fingerprint density at radius 1 is 1.17 bits per heavy atom. The number of likely N-dealkylation sites (tertiary alicyclic amines) is 1. The van der Waals surface area contributed by atoms with E-state index in [1.807, 2.05) is 36.4 Å². The second-order valence-corrected chi connectivity index (χ2v) is 8.87. The van der Waals surface area contributed by atoms with Gasteiger partial charge < -0.3 is 43.8 Å². The molecule has 0 unspecified atom stereocenters. The number of methoxy groups -OCH3 is 2. The van der Waals surface area contributed by atoms with E-state index in [0.717, 1.165) is 47.0 Å². The third-order valence-electron chi connectivity index (χ3n) is 6.61. The number of anilines is 1. The minimum Gasteiger partial charge on any atom is -0.530 e. The molecule has 0 aromatic heterocycles. The standard InChI is InChI=1S/C26H34N2O7/c1-32-12-3-10-27-11-13-34-23-9-4-18(14-21(23)27)17-35-24-16-28(26(30)31)15-22(29)25(24)19-5-7-20(33-2)8-6-19/h4-9,14,22,24-25,29H,3,10-13,15-17H2,1-2H3,(H,30,31)/p-1/t22-,24+,25+/m1/s1. The lowest BCUT2D eigenvalue weighted by Crippen LogP contribution is -2.56. The van der Waals surface area contributed by atoms with Crippen LogP contribution in [-0.2, 0) is 16.1 Å². The van der Waals surface area contributed by atoms with Gasteiger partial charge in [-0.15, -0.1) is 0 Å². The van der Waals surface area contributed by atoms with Gasteiger partial charge in [0.15, 0.2) is 0 Å². The fourth-order valence-corrected chi connectivity index (χ4v) is 4.80. The summed E-state index contributed by atoms with van der Waals surface area (Å²) in [5, 5.41) is 22.4. The van der Waals surface area contributed by atoms with Crippen LogP contribution in [-0.4, -0.2) is 81.9 Å². The number of hydrogen-bond donors (Lipinski definition) is 1.